The van der Waals surface area contributed by atoms with E-state index in [9.17, 15) is 0 Å². The molecule has 1 heterocycles. The third-order valence-electron chi connectivity index (χ3n) is 0.593. The van der Waals surface area contributed by atoms with Gasteiger partial charge in [0, 0.05) is 5.41 Å². The molecule has 0 bridgehead atoms. The van der Waals surface area contributed by atoms with Crippen molar-refractivity contribution in [1.29, 1.82) is 0 Å². The van der Waals surface area contributed by atoms with E-state index >= 15 is 0 Å². The summed E-state index contributed by atoms with van der Waals surface area (Å²) in [5.41, 5.74) is 0.997. The second-order valence-corrected chi connectivity index (χ2v) is 1.81. The van der Waals surface area contributed by atoms with Gasteiger partial charge in [0.1, 0.15) is 6.26 Å². The lowest BCUT2D eigenvalue weighted by atomic mass is 10.3. The minimum Gasteiger partial charge on any atom is -0.429 e. The van der Waals surface area contributed by atoms with Crippen molar-refractivity contribution in [2.75, 3.05) is 0 Å². The van der Waals surface area contributed by atoms with Gasteiger partial charge < -0.3 is 4.18 Å². The zero-order valence-electron chi connectivity index (χ0n) is 3.76. The van der Waals surface area contributed by atoms with Crippen LogP contribution in [0.15, 0.2) is 23.3 Å². The lowest BCUT2D eigenvalue weighted by Crippen LogP contribution is -1.73. The summed E-state index contributed by atoms with van der Waals surface area (Å²) < 4.78 is 4.76. The van der Waals surface area contributed by atoms with Crippen LogP contribution in [-0.2, 0) is 4.18 Å². The number of hydrogen-bond donors (Lipinski definition) is 0. The van der Waals surface area contributed by atoms with Crippen molar-refractivity contribution in [2.45, 2.75) is 0 Å². The van der Waals surface area contributed by atoms with Crippen molar-refractivity contribution in [1.82, 2.24) is 0 Å². The van der Waals surface area contributed by atoms with Gasteiger partial charge in [-0.25, -0.2) is 0 Å². The number of rotatable bonds is 0. The van der Waals surface area contributed by atoms with Crippen LogP contribution in [0.25, 0.3) is 0 Å². The van der Waals surface area contributed by atoms with Crippen molar-refractivity contribution >= 4 is 12.0 Å². The monoisotopic (exact) mass is 113 g/mol. The molecule has 0 atom stereocenters. The van der Waals surface area contributed by atoms with Crippen molar-refractivity contribution in [3.05, 3.63) is 30.2 Å². The van der Waals surface area contributed by atoms with Gasteiger partial charge in [-0.05, 0) is 18.6 Å². The fourth-order valence-electron chi connectivity index (χ4n) is 0.276. The molecule has 1 aliphatic heterocycles. The Morgan fingerprint density at radius 3 is 2.86 bits per heavy atom. The Morgan fingerprint density at radius 1 is 1.71 bits per heavy atom. The van der Waals surface area contributed by atoms with Crippen molar-refractivity contribution in [3.63, 3.8) is 0 Å². The summed E-state index contributed by atoms with van der Waals surface area (Å²) in [4.78, 5) is 0. The summed E-state index contributed by atoms with van der Waals surface area (Å²) in [7, 11) is 0. The molecular weight excluding hydrogens is 108 g/mol. The molecule has 0 aromatic carbocycles. The summed E-state index contributed by atoms with van der Waals surface area (Å²) >= 11 is 1.29. The van der Waals surface area contributed by atoms with Gasteiger partial charge in [-0.15, -0.1) is 0 Å². The standard InChI is InChI=1S/C5H5OS/c1-5-2-3-6-7-4-5/h2-4H,1H2. The second kappa shape index (κ2) is 2.07. The molecule has 0 fully saturated rings. The highest BCUT2D eigenvalue weighted by Gasteiger charge is 1.87. The normalized spacial score (nSPS) is 18.1. The maximum atomic E-state index is 4.76. The molecule has 0 amide bonds. The molecule has 1 aliphatic rings. The van der Waals surface area contributed by atoms with Gasteiger partial charge in [0.05, 0.1) is 12.0 Å². The van der Waals surface area contributed by atoms with Gasteiger partial charge in [0.2, 0.25) is 0 Å². The highest BCUT2D eigenvalue weighted by atomic mass is 32.2. The first-order chi connectivity index (χ1) is 3.39. The topological polar surface area (TPSA) is 9.23 Å². The molecule has 0 saturated carbocycles. The SMILES string of the molecule is [CH2]C1=CSOC=C1. The van der Waals surface area contributed by atoms with Gasteiger partial charge in [0.15, 0.2) is 0 Å². The Balaban J connectivity index is 2.58. The molecule has 0 N–H and O–H groups in total. The van der Waals surface area contributed by atoms with Crippen molar-refractivity contribution < 1.29 is 4.18 Å². The van der Waals surface area contributed by atoms with Crippen LogP contribution >= 0.6 is 12.0 Å². The molecule has 0 unspecified atom stereocenters. The Morgan fingerprint density at radius 2 is 2.57 bits per heavy atom. The zero-order valence-corrected chi connectivity index (χ0v) is 4.57. The summed E-state index contributed by atoms with van der Waals surface area (Å²) in [6.07, 6.45) is 3.43. The summed E-state index contributed by atoms with van der Waals surface area (Å²) in [5, 5.41) is 1.85. The Bertz CT molecular complexity index is 115. The van der Waals surface area contributed by atoms with Crippen molar-refractivity contribution in [3.8, 4) is 0 Å². The molecule has 7 heavy (non-hydrogen) atoms. The molecule has 0 spiro atoms. The molecule has 0 aromatic rings. The van der Waals surface area contributed by atoms with Gasteiger partial charge in [-0.2, -0.15) is 0 Å². The first-order valence-electron chi connectivity index (χ1n) is 1.90. The molecule has 37 valence electrons. The van der Waals surface area contributed by atoms with E-state index in [0.29, 0.717) is 0 Å². The smallest absolute Gasteiger partial charge is 0.102 e. The summed E-state index contributed by atoms with van der Waals surface area (Å²) in [6.45, 7) is 3.67. The van der Waals surface area contributed by atoms with E-state index in [2.05, 4.69) is 6.92 Å². The van der Waals surface area contributed by atoms with Crippen LogP contribution in [0.4, 0.5) is 0 Å². The Kier molecular flexibility index (Phi) is 1.42. The van der Waals surface area contributed by atoms with Crippen LogP contribution in [0.1, 0.15) is 0 Å². The summed E-state index contributed by atoms with van der Waals surface area (Å²) in [5.74, 6) is 0. The average Bonchev–Trinajstić information content (AvgIpc) is 1.69. The van der Waals surface area contributed by atoms with Crippen LogP contribution < -0.4 is 0 Å². The quantitative estimate of drug-likeness (QED) is 0.444. The highest BCUT2D eigenvalue weighted by molar-refractivity contribution is 7.97. The Hall–Kier alpha value is -0.370. The highest BCUT2D eigenvalue weighted by Crippen LogP contribution is 2.14. The molecule has 2 heteroatoms. The molecule has 1 radical (unpaired) electrons. The van der Waals surface area contributed by atoms with E-state index in [1.165, 1.54) is 12.0 Å². The minimum atomic E-state index is 0.997. The predicted octanol–water partition coefficient (Wildman–Crippen LogP) is 1.90. The van der Waals surface area contributed by atoms with Crippen LogP contribution in [0.2, 0.25) is 0 Å². The van der Waals surface area contributed by atoms with E-state index in [1.807, 2.05) is 11.5 Å². The average molecular weight is 113 g/mol. The maximum Gasteiger partial charge on any atom is 0.102 e. The lowest BCUT2D eigenvalue weighted by molar-refractivity contribution is 0.568. The number of hydrogen-bond acceptors (Lipinski definition) is 2. The first kappa shape index (κ1) is 4.78. The van der Waals surface area contributed by atoms with Gasteiger partial charge in [-0.3, -0.25) is 0 Å². The molecular formula is C5H5OS. The predicted molar refractivity (Wildman–Crippen MR) is 31.3 cm³/mol. The first-order valence-corrected chi connectivity index (χ1v) is 2.71. The maximum absolute atomic E-state index is 4.76. The number of allylic oxidation sites excluding steroid dienone is 2. The third-order valence-corrected chi connectivity index (χ3v) is 1.21. The molecule has 1 nitrogen and oxygen atoms in total. The van der Waals surface area contributed by atoms with Crippen LogP contribution in [0, 0.1) is 6.92 Å². The van der Waals surface area contributed by atoms with Gasteiger partial charge >= 0.3 is 0 Å². The Labute approximate surface area is 47.3 Å². The minimum absolute atomic E-state index is 0.997. The van der Waals surface area contributed by atoms with E-state index < -0.39 is 0 Å². The molecule has 0 aliphatic carbocycles. The second-order valence-electron chi connectivity index (χ2n) is 1.19. The summed E-state index contributed by atoms with van der Waals surface area (Å²) in [6, 6.07) is 0. The van der Waals surface area contributed by atoms with Crippen LogP contribution in [0.5, 0.6) is 0 Å². The zero-order chi connectivity index (χ0) is 5.11. The van der Waals surface area contributed by atoms with E-state index in [1.54, 1.807) is 6.26 Å². The largest absolute Gasteiger partial charge is 0.429 e. The van der Waals surface area contributed by atoms with E-state index in [0.717, 1.165) is 5.57 Å². The van der Waals surface area contributed by atoms with Crippen LogP contribution in [0.3, 0.4) is 0 Å². The van der Waals surface area contributed by atoms with E-state index in [-0.39, 0.29) is 0 Å². The fraction of sp³-hybridized carbons (Fsp3) is 0. The molecule has 1 rings (SSSR count). The van der Waals surface area contributed by atoms with Crippen LogP contribution in [-0.4, -0.2) is 0 Å². The van der Waals surface area contributed by atoms with E-state index in [4.69, 9.17) is 4.18 Å². The molecule has 0 aromatic heterocycles. The van der Waals surface area contributed by atoms with Gasteiger partial charge in [-0.1, -0.05) is 0 Å². The lowest BCUT2D eigenvalue weighted by Gasteiger charge is -1.97. The molecule has 0 saturated heterocycles. The fourth-order valence-corrected chi connectivity index (χ4v) is 0.654. The third kappa shape index (κ3) is 1.27. The van der Waals surface area contributed by atoms with Crippen molar-refractivity contribution in [2.24, 2.45) is 0 Å². The van der Waals surface area contributed by atoms with Gasteiger partial charge in [0.25, 0.3) is 0 Å².